The Balaban J connectivity index is 0.00000261. The van der Waals surface area contributed by atoms with E-state index in [4.69, 9.17) is 11.6 Å². The SMILES string of the molecule is Cc1cc(C(=O)CSc2nc(-c3cccs3)c(C#N)c(=O)[nH]2)ccc1Cl.O. The Morgan fingerprint density at radius 3 is 2.81 bits per heavy atom. The van der Waals surface area contributed by atoms with E-state index >= 15 is 0 Å². The van der Waals surface area contributed by atoms with Gasteiger partial charge < -0.3 is 10.5 Å². The van der Waals surface area contributed by atoms with E-state index in [1.807, 2.05) is 24.4 Å². The predicted octanol–water partition coefficient (Wildman–Crippen LogP) is 3.48. The second-order valence-corrected chi connectivity index (χ2v) is 7.68. The first-order chi connectivity index (χ1) is 12.5. The first-order valence-electron chi connectivity index (χ1n) is 7.50. The van der Waals surface area contributed by atoms with E-state index in [-0.39, 0.29) is 22.6 Å². The Hall–Kier alpha value is -2.44. The van der Waals surface area contributed by atoms with Crippen LogP contribution in [0.15, 0.2) is 45.7 Å². The van der Waals surface area contributed by atoms with Crippen molar-refractivity contribution in [3.05, 3.63) is 67.8 Å². The number of aryl methyl sites for hydroxylation is 1. The molecule has 2 aromatic heterocycles. The molecule has 3 N–H and O–H groups in total. The van der Waals surface area contributed by atoms with Gasteiger partial charge in [0.05, 0.1) is 10.6 Å². The number of carbonyl (C=O) groups excluding carboxylic acids is 1. The number of H-pyrrole nitrogens is 1. The Morgan fingerprint density at radius 1 is 1.41 bits per heavy atom. The Kier molecular flexibility index (Phi) is 6.93. The normalized spacial score (nSPS) is 10.1. The molecule has 0 spiro atoms. The third-order valence-electron chi connectivity index (χ3n) is 3.58. The fraction of sp³-hybridized carbons (Fsp3) is 0.111. The van der Waals surface area contributed by atoms with Crippen LogP contribution in [0.2, 0.25) is 5.02 Å². The summed E-state index contributed by atoms with van der Waals surface area (Å²) in [5, 5.41) is 12.0. The molecule has 6 nitrogen and oxygen atoms in total. The molecule has 0 aliphatic heterocycles. The molecule has 3 rings (SSSR count). The number of benzene rings is 1. The van der Waals surface area contributed by atoms with Crippen molar-refractivity contribution in [2.24, 2.45) is 0 Å². The number of thioether (sulfide) groups is 1. The average Bonchev–Trinajstić information content (AvgIpc) is 3.16. The number of hydrogen-bond acceptors (Lipinski definition) is 6. The average molecular weight is 420 g/mol. The van der Waals surface area contributed by atoms with E-state index in [0.29, 0.717) is 21.4 Å². The Bertz CT molecular complexity index is 1070. The number of rotatable bonds is 5. The molecular weight excluding hydrogens is 406 g/mol. The molecule has 0 amide bonds. The zero-order valence-corrected chi connectivity index (χ0v) is 16.5. The minimum Gasteiger partial charge on any atom is -0.412 e. The Morgan fingerprint density at radius 2 is 2.19 bits per heavy atom. The van der Waals surface area contributed by atoms with E-state index in [1.165, 1.54) is 11.3 Å². The lowest BCUT2D eigenvalue weighted by molar-refractivity contribution is 0.102. The number of aromatic nitrogens is 2. The fourth-order valence-corrected chi connectivity index (χ4v) is 3.84. The van der Waals surface area contributed by atoms with Crippen molar-refractivity contribution in [3.8, 4) is 16.6 Å². The van der Waals surface area contributed by atoms with Gasteiger partial charge in [-0.15, -0.1) is 11.3 Å². The van der Waals surface area contributed by atoms with Gasteiger partial charge in [0.2, 0.25) is 0 Å². The molecule has 0 aliphatic carbocycles. The van der Waals surface area contributed by atoms with Gasteiger partial charge in [0.1, 0.15) is 17.3 Å². The van der Waals surface area contributed by atoms with Crippen molar-refractivity contribution >= 4 is 40.5 Å². The van der Waals surface area contributed by atoms with Crippen LogP contribution in [0.25, 0.3) is 10.6 Å². The number of hydrogen-bond donors (Lipinski definition) is 1. The highest BCUT2D eigenvalue weighted by Gasteiger charge is 2.15. The lowest BCUT2D eigenvalue weighted by Crippen LogP contribution is -2.15. The molecule has 138 valence electrons. The molecule has 0 bridgehead atoms. The maximum Gasteiger partial charge on any atom is 0.270 e. The molecule has 0 fully saturated rings. The van der Waals surface area contributed by atoms with Gasteiger partial charge in [0.15, 0.2) is 10.9 Å². The van der Waals surface area contributed by atoms with Gasteiger partial charge in [-0.25, -0.2) is 4.98 Å². The topological polar surface area (TPSA) is 118 Å². The summed E-state index contributed by atoms with van der Waals surface area (Å²) in [5.74, 6) is 0.0132. The van der Waals surface area contributed by atoms with Gasteiger partial charge in [-0.3, -0.25) is 9.59 Å². The van der Waals surface area contributed by atoms with Crippen LogP contribution in [-0.4, -0.2) is 27.0 Å². The number of carbonyl (C=O) groups is 1. The van der Waals surface area contributed by atoms with Crippen molar-refractivity contribution in [2.75, 3.05) is 5.75 Å². The molecule has 27 heavy (non-hydrogen) atoms. The maximum atomic E-state index is 12.4. The van der Waals surface area contributed by atoms with Crippen LogP contribution in [0.5, 0.6) is 0 Å². The number of nitriles is 1. The summed E-state index contributed by atoms with van der Waals surface area (Å²) in [4.78, 5) is 32.2. The van der Waals surface area contributed by atoms with Crippen LogP contribution < -0.4 is 5.56 Å². The number of ketones is 1. The van der Waals surface area contributed by atoms with Gasteiger partial charge in [-0.05, 0) is 42.1 Å². The fourth-order valence-electron chi connectivity index (χ4n) is 2.25. The van der Waals surface area contributed by atoms with E-state index < -0.39 is 5.56 Å². The minimum atomic E-state index is -0.511. The molecule has 1 aromatic carbocycles. The summed E-state index contributed by atoms with van der Waals surface area (Å²) < 4.78 is 0. The van der Waals surface area contributed by atoms with Gasteiger partial charge >= 0.3 is 0 Å². The van der Waals surface area contributed by atoms with Crippen LogP contribution in [0, 0.1) is 18.3 Å². The molecule has 3 aromatic rings. The number of halogens is 1. The highest BCUT2D eigenvalue weighted by atomic mass is 35.5. The monoisotopic (exact) mass is 419 g/mol. The van der Waals surface area contributed by atoms with Gasteiger partial charge in [-0.2, -0.15) is 5.26 Å². The second-order valence-electron chi connectivity index (χ2n) is 5.36. The van der Waals surface area contributed by atoms with E-state index in [1.54, 1.807) is 24.3 Å². The summed E-state index contributed by atoms with van der Waals surface area (Å²) in [6.45, 7) is 1.83. The van der Waals surface area contributed by atoms with Gasteiger partial charge in [-0.1, -0.05) is 29.4 Å². The smallest absolute Gasteiger partial charge is 0.270 e. The first-order valence-corrected chi connectivity index (χ1v) is 9.74. The third-order valence-corrected chi connectivity index (χ3v) is 5.76. The predicted molar refractivity (Wildman–Crippen MR) is 108 cm³/mol. The number of thiophene rings is 1. The van der Waals surface area contributed by atoms with E-state index in [9.17, 15) is 14.9 Å². The summed E-state index contributed by atoms with van der Waals surface area (Å²) in [6, 6.07) is 10.6. The van der Waals surface area contributed by atoms with Crippen LogP contribution in [0.1, 0.15) is 21.5 Å². The molecule has 0 unspecified atom stereocenters. The molecule has 9 heteroatoms. The summed E-state index contributed by atoms with van der Waals surface area (Å²) >= 11 is 8.50. The van der Waals surface area contributed by atoms with Gasteiger partial charge in [0, 0.05) is 10.6 Å². The number of aromatic amines is 1. The largest absolute Gasteiger partial charge is 0.412 e. The zero-order chi connectivity index (χ0) is 18.7. The highest BCUT2D eigenvalue weighted by Crippen LogP contribution is 2.26. The molecule has 0 aliphatic rings. The van der Waals surface area contributed by atoms with E-state index in [0.717, 1.165) is 22.2 Å². The third kappa shape index (κ3) is 4.64. The minimum absolute atomic E-state index is 0. The molecule has 0 atom stereocenters. The Labute approximate surface area is 168 Å². The standard InChI is InChI=1S/C18H12ClN3O2S2.H2O/c1-10-7-11(4-5-13(10)19)14(23)9-26-18-21-16(15-3-2-6-25-15)12(8-20)17(24)22-18;/h2-7H,9H2,1H3,(H,21,22,24);1H2. The zero-order valence-electron chi connectivity index (χ0n) is 14.1. The lowest BCUT2D eigenvalue weighted by Gasteiger charge is -2.06. The second kappa shape index (κ2) is 8.97. The first kappa shape index (κ1) is 20.9. The molecular formula is C18H14ClN3O3S2. The lowest BCUT2D eigenvalue weighted by atomic mass is 10.1. The molecule has 0 saturated heterocycles. The van der Waals surface area contributed by atoms with E-state index in [2.05, 4.69) is 9.97 Å². The van der Waals surface area contributed by atoms with Crippen molar-refractivity contribution in [3.63, 3.8) is 0 Å². The summed E-state index contributed by atoms with van der Waals surface area (Å²) in [6.07, 6.45) is 0. The quantitative estimate of drug-likeness (QED) is 0.385. The number of nitrogens with zero attached hydrogens (tertiary/aromatic N) is 2. The van der Waals surface area contributed by atoms with Crippen molar-refractivity contribution in [1.29, 1.82) is 5.26 Å². The van der Waals surface area contributed by atoms with Crippen LogP contribution in [0.3, 0.4) is 0 Å². The van der Waals surface area contributed by atoms with Crippen molar-refractivity contribution in [2.45, 2.75) is 12.1 Å². The van der Waals surface area contributed by atoms with Crippen molar-refractivity contribution < 1.29 is 10.3 Å². The highest BCUT2D eigenvalue weighted by molar-refractivity contribution is 7.99. The number of Topliss-reactive ketones (excluding diaryl/α,β-unsaturated/α-hetero) is 1. The maximum absolute atomic E-state index is 12.4. The van der Waals surface area contributed by atoms with Gasteiger partial charge in [0.25, 0.3) is 5.56 Å². The molecule has 2 heterocycles. The van der Waals surface area contributed by atoms with Crippen LogP contribution >= 0.6 is 34.7 Å². The van der Waals surface area contributed by atoms with Crippen LogP contribution in [-0.2, 0) is 0 Å². The number of nitrogens with one attached hydrogen (secondary N) is 1. The van der Waals surface area contributed by atoms with Crippen molar-refractivity contribution in [1.82, 2.24) is 9.97 Å². The summed E-state index contributed by atoms with van der Waals surface area (Å²) in [5.41, 5.74) is 1.17. The summed E-state index contributed by atoms with van der Waals surface area (Å²) in [7, 11) is 0. The molecule has 0 saturated carbocycles. The molecule has 0 radical (unpaired) electrons. The van der Waals surface area contributed by atoms with Crippen LogP contribution in [0.4, 0.5) is 0 Å².